The fourth-order valence-electron chi connectivity index (χ4n) is 2.67. The number of anilines is 1. The average molecular weight is 505 g/mol. The second-order valence-electron chi connectivity index (χ2n) is 6.20. The van der Waals surface area contributed by atoms with Crippen LogP contribution in [0, 0.1) is 0 Å². The van der Waals surface area contributed by atoms with Gasteiger partial charge in [-0.15, -0.1) is 24.0 Å². The van der Waals surface area contributed by atoms with Crippen LogP contribution in [0.25, 0.3) is 0 Å². The fourth-order valence-corrected chi connectivity index (χ4v) is 2.67. The Hall–Kier alpha value is -1.59. The van der Waals surface area contributed by atoms with Crippen LogP contribution in [0.3, 0.4) is 0 Å². The molecule has 1 fully saturated rings. The summed E-state index contributed by atoms with van der Waals surface area (Å²) in [5, 5.41) is 9.26. The number of amides is 1. The number of hydrogen-bond donors (Lipinski definition) is 3. The van der Waals surface area contributed by atoms with Crippen LogP contribution >= 0.6 is 24.0 Å². The summed E-state index contributed by atoms with van der Waals surface area (Å²) in [4.78, 5) is 18.1. The molecule has 1 aromatic carbocycles. The Bertz CT molecular complexity index is 609. The van der Waals surface area contributed by atoms with Gasteiger partial charge < -0.3 is 25.4 Å². The van der Waals surface area contributed by atoms with Crippen LogP contribution in [0.15, 0.2) is 29.3 Å². The normalized spacial score (nSPS) is 14.7. The van der Waals surface area contributed by atoms with Gasteiger partial charge in [-0.1, -0.05) is 6.07 Å². The number of benzene rings is 1. The van der Waals surface area contributed by atoms with E-state index in [4.69, 9.17) is 9.47 Å². The molecule has 9 heteroatoms. The number of halogens is 1. The van der Waals surface area contributed by atoms with Crippen LogP contribution < -0.4 is 20.7 Å². The number of carbonyl (C=O) groups excluding carboxylic acids is 1. The van der Waals surface area contributed by atoms with Crippen LogP contribution in [0.4, 0.5) is 5.69 Å². The van der Waals surface area contributed by atoms with Crippen LogP contribution in [-0.4, -0.2) is 75.9 Å². The Balaban J connectivity index is 0.00000392. The van der Waals surface area contributed by atoms with Gasteiger partial charge in [0.1, 0.15) is 12.4 Å². The van der Waals surface area contributed by atoms with Gasteiger partial charge in [0.25, 0.3) is 0 Å². The lowest BCUT2D eigenvalue weighted by molar-refractivity contribution is -0.114. The third-order valence-electron chi connectivity index (χ3n) is 3.95. The quantitative estimate of drug-likeness (QED) is 0.204. The lowest BCUT2D eigenvalue weighted by atomic mass is 10.3. The Labute approximate surface area is 184 Å². The first-order valence-electron chi connectivity index (χ1n) is 9.50. The van der Waals surface area contributed by atoms with Gasteiger partial charge in [0.05, 0.1) is 26.3 Å². The van der Waals surface area contributed by atoms with Crippen molar-refractivity contribution >= 4 is 41.5 Å². The molecule has 0 spiro atoms. The van der Waals surface area contributed by atoms with Crippen molar-refractivity contribution in [1.82, 2.24) is 15.5 Å². The zero-order valence-corrected chi connectivity index (χ0v) is 19.0. The summed E-state index contributed by atoms with van der Waals surface area (Å²) in [6.45, 7) is 10.7. The van der Waals surface area contributed by atoms with Crippen LogP contribution in [0.1, 0.15) is 13.8 Å². The third kappa shape index (κ3) is 10.1. The molecule has 0 aromatic heterocycles. The van der Waals surface area contributed by atoms with Gasteiger partial charge in [0.2, 0.25) is 5.91 Å². The highest BCUT2D eigenvalue weighted by atomic mass is 127. The average Bonchev–Trinajstić information content (AvgIpc) is 2.66. The van der Waals surface area contributed by atoms with Crippen molar-refractivity contribution in [2.24, 2.45) is 4.99 Å². The van der Waals surface area contributed by atoms with Gasteiger partial charge in [0, 0.05) is 44.9 Å². The minimum absolute atomic E-state index is 0. The fraction of sp³-hybridized carbons (Fsp3) is 0.579. The molecule has 1 aliphatic rings. The Morgan fingerprint density at radius 3 is 2.79 bits per heavy atom. The number of ether oxygens (including phenoxy) is 2. The van der Waals surface area contributed by atoms with Crippen LogP contribution in [0.5, 0.6) is 5.75 Å². The van der Waals surface area contributed by atoms with Crippen LogP contribution in [-0.2, 0) is 9.53 Å². The van der Waals surface area contributed by atoms with E-state index in [9.17, 15) is 4.79 Å². The summed E-state index contributed by atoms with van der Waals surface area (Å²) in [7, 11) is 0. The van der Waals surface area contributed by atoms with Crippen molar-refractivity contribution in [3.8, 4) is 5.75 Å². The first-order chi connectivity index (χ1) is 13.2. The molecular formula is C19H32IN5O3. The highest BCUT2D eigenvalue weighted by Gasteiger charge is 2.09. The highest BCUT2D eigenvalue weighted by Crippen LogP contribution is 2.16. The lowest BCUT2D eigenvalue weighted by Crippen LogP contribution is -2.41. The van der Waals surface area contributed by atoms with Gasteiger partial charge in [-0.3, -0.25) is 14.7 Å². The smallest absolute Gasteiger partial charge is 0.221 e. The molecule has 0 aliphatic carbocycles. The summed E-state index contributed by atoms with van der Waals surface area (Å²) >= 11 is 0. The Morgan fingerprint density at radius 1 is 1.29 bits per heavy atom. The first-order valence-corrected chi connectivity index (χ1v) is 9.50. The van der Waals surface area contributed by atoms with Gasteiger partial charge in [-0.05, 0) is 19.1 Å². The number of morpholine rings is 1. The van der Waals surface area contributed by atoms with Crippen molar-refractivity contribution < 1.29 is 14.3 Å². The van der Waals surface area contributed by atoms with Crippen LogP contribution in [0.2, 0.25) is 0 Å². The molecule has 28 heavy (non-hydrogen) atoms. The van der Waals surface area contributed by atoms with E-state index in [0.717, 1.165) is 63.3 Å². The Kier molecular flexibility index (Phi) is 12.6. The van der Waals surface area contributed by atoms with E-state index in [1.54, 1.807) is 0 Å². The van der Waals surface area contributed by atoms with Gasteiger partial charge in [-0.2, -0.15) is 0 Å². The monoisotopic (exact) mass is 505 g/mol. The third-order valence-corrected chi connectivity index (χ3v) is 3.95. The number of rotatable bonds is 9. The molecule has 1 aromatic rings. The van der Waals surface area contributed by atoms with E-state index in [-0.39, 0.29) is 29.9 Å². The second-order valence-corrected chi connectivity index (χ2v) is 6.20. The van der Waals surface area contributed by atoms with Crippen molar-refractivity contribution in [3.05, 3.63) is 24.3 Å². The van der Waals surface area contributed by atoms with Crippen molar-refractivity contribution in [2.75, 3.05) is 64.4 Å². The number of nitrogens with zero attached hydrogens (tertiary/aromatic N) is 2. The molecule has 0 atom stereocenters. The molecule has 0 radical (unpaired) electrons. The molecule has 1 heterocycles. The summed E-state index contributed by atoms with van der Waals surface area (Å²) in [6.07, 6.45) is 0. The van der Waals surface area contributed by atoms with E-state index in [0.29, 0.717) is 13.2 Å². The van der Waals surface area contributed by atoms with E-state index in [1.807, 2.05) is 31.2 Å². The van der Waals surface area contributed by atoms with Gasteiger partial charge in [-0.25, -0.2) is 0 Å². The van der Waals surface area contributed by atoms with Crippen molar-refractivity contribution in [2.45, 2.75) is 13.8 Å². The zero-order valence-electron chi connectivity index (χ0n) is 16.7. The molecule has 1 amide bonds. The summed E-state index contributed by atoms with van der Waals surface area (Å²) in [6, 6.07) is 7.36. The maximum Gasteiger partial charge on any atom is 0.221 e. The van der Waals surface area contributed by atoms with Gasteiger partial charge >= 0.3 is 0 Å². The number of hydrogen-bond acceptors (Lipinski definition) is 5. The molecule has 2 rings (SSSR count). The maximum absolute atomic E-state index is 11.1. The van der Waals surface area contributed by atoms with Crippen molar-refractivity contribution in [3.63, 3.8) is 0 Å². The molecule has 0 bridgehead atoms. The number of nitrogens with one attached hydrogen (secondary N) is 3. The maximum atomic E-state index is 11.1. The molecule has 1 saturated heterocycles. The Morgan fingerprint density at radius 2 is 2.07 bits per heavy atom. The van der Waals surface area contributed by atoms with Gasteiger partial charge in [0.15, 0.2) is 5.96 Å². The number of aliphatic imine (C=N–C) groups is 1. The van der Waals surface area contributed by atoms with E-state index >= 15 is 0 Å². The zero-order chi connectivity index (χ0) is 19.3. The van der Waals surface area contributed by atoms with Crippen molar-refractivity contribution in [1.29, 1.82) is 0 Å². The van der Waals surface area contributed by atoms with E-state index < -0.39 is 0 Å². The van der Waals surface area contributed by atoms with E-state index in [1.165, 1.54) is 6.92 Å². The largest absolute Gasteiger partial charge is 0.492 e. The SMILES string of the molecule is CCNC(=NCCN1CCOCC1)NCCOc1cccc(NC(C)=O)c1.I. The molecular weight excluding hydrogens is 473 g/mol. The molecule has 3 N–H and O–H groups in total. The molecule has 0 unspecified atom stereocenters. The predicted octanol–water partition coefficient (Wildman–Crippen LogP) is 1.53. The first kappa shape index (κ1) is 24.4. The predicted molar refractivity (Wildman–Crippen MR) is 123 cm³/mol. The molecule has 8 nitrogen and oxygen atoms in total. The lowest BCUT2D eigenvalue weighted by Gasteiger charge is -2.25. The topological polar surface area (TPSA) is 87.2 Å². The minimum atomic E-state index is -0.0996. The highest BCUT2D eigenvalue weighted by molar-refractivity contribution is 14.0. The number of carbonyl (C=O) groups is 1. The van der Waals surface area contributed by atoms with E-state index in [2.05, 4.69) is 25.8 Å². The summed E-state index contributed by atoms with van der Waals surface area (Å²) < 4.78 is 11.1. The minimum Gasteiger partial charge on any atom is -0.492 e. The molecule has 0 saturated carbocycles. The molecule has 1 aliphatic heterocycles. The summed E-state index contributed by atoms with van der Waals surface area (Å²) in [5.74, 6) is 1.41. The molecule has 158 valence electrons. The second kappa shape index (κ2) is 14.4. The summed E-state index contributed by atoms with van der Waals surface area (Å²) in [5.41, 5.74) is 0.728. The standard InChI is InChI=1S/C19H31N5O3.HI/c1-3-20-19(21-7-9-24-10-13-26-14-11-24)22-8-12-27-18-6-4-5-17(15-18)23-16(2)25;/h4-6,15H,3,7-14H2,1-2H3,(H,23,25)(H2,20,21,22);1H. The number of guanidine groups is 1.